The van der Waals surface area contributed by atoms with Gasteiger partial charge in [-0.15, -0.1) is 11.8 Å². The Balaban J connectivity index is 2.62. The monoisotopic (exact) mass is 277 g/mol. The Morgan fingerprint density at radius 2 is 2.43 bits per heavy atom. The third-order valence-corrected chi connectivity index (χ3v) is 3.71. The molecule has 0 aliphatic carbocycles. The molecule has 78 valence electrons. The molecule has 1 atom stereocenters. The third kappa shape index (κ3) is 3.43. The second-order valence-corrected chi connectivity index (χ2v) is 4.84. The number of halogens is 1. The number of hydrogen-bond donors (Lipinski definition) is 2. The van der Waals surface area contributed by atoms with Gasteiger partial charge >= 0.3 is 0 Å². The Morgan fingerprint density at radius 3 is 3.07 bits per heavy atom. The predicted molar refractivity (Wildman–Crippen MR) is 61.1 cm³/mol. The summed E-state index contributed by atoms with van der Waals surface area (Å²) < 4.78 is 0.835. The van der Waals surface area contributed by atoms with Crippen molar-refractivity contribution in [3.63, 3.8) is 0 Å². The lowest BCUT2D eigenvalue weighted by molar-refractivity contribution is 0.250. The van der Waals surface area contributed by atoms with E-state index in [0.29, 0.717) is 0 Å². The van der Waals surface area contributed by atoms with E-state index in [1.54, 1.807) is 18.0 Å². The molecule has 0 fully saturated rings. The van der Waals surface area contributed by atoms with Gasteiger partial charge in [0, 0.05) is 18.6 Å². The van der Waals surface area contributed by atoms with Gasteiger partial charge in [-0.2, -0.15) is 0 Å². The largest absolute Gasteiger partial charge is 0.396 e. The minimum atomic E-state index is 0.186. The van der Waals surface area contributed by atoms with Crippen molar-refractivity contribution < 1.29 is 5.11 Å². The van der Waals surface area contributed by atoms with Crippen molar-refractivity contribution in [1.29, 1.82) is 0 Å². The summed E-state index contributed by atoms with van der Waals surface area (Å²) in [5.74, 6) is 1.33. The number of rotatable bonds is 4. The molecule has 0 saturated carbocycles. The van der Waals surface area contributed by atoms with Crippen LogP contribution in [0.1, 0.15) is 6.92 Å². The van der Waals surface area contributed by atoms with Gasteiger partial charge in [0.05, 0.1) is 4.47 Å². The minimum absolute atomic E-state index is 0.186. The summed E-state index contributed by atoms with van der Waals surface area (Å²) in [6, 6.07) is 0. The molecule has 0 aromatic carbocycles. The first-order valence-corrected chi connectivity index (χ1v) is 5.93. The first-order valence-electron chi connectivity index (χ1n) is 4.15. The lowest BCUT2D eigenvalue weighted by Crippen LogP contribution is -2.04. The number of thioether (sulfide) groups is 1. The molecule has 1 rings (SSSR count). The van der Waals surface area contributed by atoms with Crippen molar-refractivity contribution in [3.8, 4) is 0 Å². The van der Waals surface area contributed by atoms with Crippen LogP contribution >= 0.6 is 27.7 Å². The predicted octanol–water partition coefficient (Wildman–Crippen LogP) is 1.54. The van der Waals surface area contributed by atoms with Crippen LogP contribution in [-0.4, -0.2) is 27.4 Å². The fraction of sp³-hybridized carbons (Fsp3) is 0.500. The average Bonchev–Trinajstić information content (AvgIpc) is 2.19. The molecule has 1 heterocycles. The average molecular weight is 278 g/mol. The molecule has 0 spiro atoms. The van der Waals surface area contributed by atoms with Crippen LogP contribution in [0.25, 0.3) is 0 Å². The maximum absolute atomic E-state index is 8.85. The van der Waals surface area contributed by atoms with Crippen LogP contribution in [0.2, 0.25) is 0 Å². The highest BCUT2D eigenvalue weighted by atomic mass is 79.9. The number of aliphatic hydroxyl groups excluding tert-OH is 1. The van der Waals surface area contributed by atoms with Crippen LogP contribution in [-0.2, 0) is 0 Å². The summed E-state index contributed by atoms with van der Waals surface area (Å²) >= 11 is 4.89. The number of hydrogen-bond acceptors (Lipinski definition) is 5. The number of nitrogens with two attached hydrogens (primary N) is 1. The van der Waals surface area contributed by atoms with Crippen molar-refractivity contribution in [2.24, 2.45) is 5.92 Å². The Hall–Kier alpha value is -0.330. The summed E-state index contributed by atoms with van der Waals surface area (Å²) in [6.07, 6.45) is 1.63. The zero-order valence-electron chi connectivity index (χ0n) is 7.77. The fourth-order valence-corrected chi connectivity index (χ4v) is 2.17. The summed E-state index contributed by atoms with van der Waals surface area (Å²) in [4.78, 5) is 7.92. The zero-order valence-corrected chi connectivity index (χ0v) is 10.2. The number of nitrogens with zero attached hydrogens (tertiary/aromatic N) is 2. The third-order valence-electron chi connectivity index (χ3n) is 1.55. The Morgan fingerprint density at radius 1 is 1.71 bits per heavy atom. The highest BCUT2D eigenvalue weighted by Gasteiger charge is 2.06. The van der Waals surface area contributed by atoms with Crippen LogP contribution < -0.4 is 5.73 Å². The summed E-state index contributed by atoms with van der Waals surface area (Å²) in [7, 11) is 0. The second kappa shape index (κ2) is 5.53. The smallest absolute Gasteiger partial charge is 0.221 e. The van der Waals surface area contributed by atoms with Crippen molar-refractivity contribution >= 4 is 33.6 Å². The fourth-order valence-electron chi connectivity index (χ4n) is 0.739. The maximum atomic E-state index is 8.85. The number of nitrogen functional groups attached to an aromatic ring is 1. The van der Waals surface area contributed by atoms with Crippen LogP contribution in [0.4, 0.5) is 5.95 Å². The van der Waals surface area contributed by atoms with Crippen molar-refractivity contribution in [1.82, 2.24) is 9.97 Å². The van der Waals surface area contributed by atoms with Gasteiger partial charge in [0.1, 0.15) is 5.03 Å². The van der Waals surface area contributed by atoms with E-state index in [1.807, 2.05) is 6.92 Å². The van der Waals surface area contributed by atoms with Crippen LogP contribution in [0.15, 0.2) is 15.7 Å². The molecule has 0 radical (unpaired) electrons. The van der Waals surface area contributed by atoms with E-state index in [2.05, 4.69) is 25.9 Å². The van der Waals surface area contributed by atoms with Crippen molar-refractivity contribution in [2.75, 3.05) is 18.1 Å². The molecule has 6 heteroatoms. The van der Waals surface area contributed by atoms with Gasteiger partial charge in [-0.25, -0.2) is 9.97 Å². The molecular weight excluding hydrogens is 266 g/mol. The van der Waals surface area contributed by atoms with Gasteiger partial charge in [0.15, 0.2) is 0 Å². The molecule has 1 unspecified atom stereocenters. The lowest BCUT2D eigenvalue weighted by Gasteiger charge is -2.07. The molecule has 0 aliphatic heterocycles. The van der Waals surface area contributed by atoms with E-state index in [0.717, 1.165) is 15.3 Å². The number of aromatic nitrogens is 2. The molecule has 1 aromatic rings. The molecule has 1 aromatic heterocycles. The SMILES string of the molecule is CC(CO)CSc1nc(N)ncc1Br. The van der Waals surface area contributed by atoms with E-state index in [4.69, 9.17) is 10.8 Å². The first-order chi connectivity index (χ1) is 6.63. The van der Waals surface area contributed by atoms with E-state index in [1.165, 1.54) is 0 Å². The maximum Gasteiger partial charge on any atom is 0.221 e. The molecule has 0 saturated heterocycles. The van der Waals surface area contributed by atoms with E-state index >= 15 is 0 Å². The Labute approximate surface area is 95.5 Å². The molecule has 0 bridgehead atoms. The van der Waals surface area contributed by atoms with Gasteiger partial charge < -0.3 is 10.8 Å². The number of anilines is 1. The second-order valence-electron chi connectivity index (χ2n) is 2.98. The quantitative estimate of drug-likeness (QED) is 0.645. The minimum Gasteiger partial charge on any atom is -0.396 e. The van der Waals surface area contributed by atoms with E-state index in [-0.39, 0.29) is 18.5 Å². The highest BCUT2D eigenvalue weighted by molar-refractivity contribution is 9.10. The van der Waals surface area contributed by atoms with Gasteiger partial charge in [0.25, 0.3) is 0 Å². The molecule has 4 nitrogen and oxygen atoms in total. The Kier molecular flexibility index (Phi) is 4.64. The van der Waals surface area contributed by atoms with E-state index in [9.17, 15) is 0 Å². The molecule has 0 aliphatic rings. The summed E-state index contributed by atoms with van der Waals surface area (Å²) in [5.41, 5.74) is 5.46. The lowest BCUT2D eigenvalue weighted by atomic mass is 10.2. The van der Waals surface area contributed by atoms with Crippen LogP contribution in [0, 0.1) is 5.92 Å². The highest BCUT2D eigenvalue weighted by Crippen LogP contribution is 2.26. The van der Waals surface area contributed by atoms with Crippen LogP contribution in [0.5, 0.6) is 0 Å². The van der Waals surface area contributed by atoms with Crippen molar-refractivity contribution in [2.45, 2.75) is 11.9 Å². The summed E-state index contributed by atoms with van der Waals surface area (Å²) in [5, 5.41) is 9.67. The summed E-state index contributed by atoms with van der Waals surface area (Å²) in [6.45, 7) is 2.16. The van der Waals surface area contributed by atoms with Gasteiger partial charge in [-0.1, -0.05) is 6.92 Å². The molecule has 3 N–H and O–H groups in total. The number of aliphatic hydroxyl groups is 1. The topological polar surface area (TPSA) is 72.0 Å². The van der Waals surface area contributed by atoms with Crippen LogP contribution in [0.3, 0.4) is 0 Å². The normalized spacial score (nSPS) is 12.8. The molecular formula is C8H12BrN3OS. The Bertz CT molecular complexity index is 311. The van der Waals surface area contributed by atoms with Crippen molar-refractivity contribution in [3.05, 3.63) is 10.7 Å². The standard InChI is InChI=1S/C8H12BrN3OS/c1-5(3-13)4-14-7-6(9)2-11-8(10)12-7/h2,5,13H,3-4H2,1H3,(H2,10,11,12). The first kappa shape index (κ1) is 11.7. The van der Waals surface area contributed by atoms with E-state index < -0.39 is 0 Å². The van der Waals surface area contributed by atoms with Gasteiger partial charge in [0.2, 0.25) is 5.95 Å². The molecule has 14 heavy (non-hydrogen) atoms. The van der Waals surface area contributed by atoms with Gasteiger partial charge in [-0.05, 0) is 21.8 Å². The molecule has 0 amide bonds. The van der Waals surface area contributed by atoms with Gasteiger partial charge in [-0.3, -0.25) is 0 Å². The zero-order chi connectivity index (χ0) is 10.6.